The third kappa shape index (κ3) is 3.61. The van der Waals surface area contributed by atoms with Gasteiger partial charge in [0.05, 0.1) is 17.2 Å². The number of aliphatic hydroxyl groups is 1. The summed E-state index contributed by atoms with van der Waals surface area (Å²) in [6.45, 7) is 2.40. The number of nitrogens with zero attached hydrogens (tertiary/aromatic N) is 2. The molecule has 0 bridgehead atoms. The van der Waals surface area contributed by atoms with Crippen LogP contribution in [0.15, 0.2) is 24.3 Å². The predicted octanol–water partition coefficient (Wildman–Crippen LogP) is 2.34. The molecule has 1 aromatic carbocycles. The van der Waals surface area contributed by atoms with Crippen LogP contribution < -0.4 is 0 Å². The molecule has 1 spiro atoms. The van der Waals surface area contributed by atoms with E-state index in [1.54, 1.807) is 24.3 Å². The number of carbonyl (C=O) groups excluding carboxylic acids is 1. The molecular formula is C19H24N2O3. The molecule has 0 saturated carbocycles. The van der Waals surface area contributed by atoms with Crippen LogP contribution in [0.4, 0.5) is 0 Å². The van der Waals surface area contributed by atoms with E-state index in [2.05, 4.69) is 6.07 Å². The van der Waals surface area contributed by atoms with Crippen molar-refractivity contribution in [3.8, 4) is 6.07 Å². The number of likely N-dealkylation sites (tertiary alicyclic amines) is 1. The van der Waals surface area contributed by atoms with Gasteiger partial charge in [-0.2, -0.15) is 5.26 Å². The van der Waals surface area contributed by atoms with Gasteiger partial charge in [0.1, 0.15) is 0 Å². The summed E-state index contributed by atoms with van der Waals surface area (Å²) in [6, 6.07) is 8.88. The SMILES string of the molecule is N#Cc1ccc(C(=O)N2CCC3(CC2)CC(CCO)CCO3)cc1. The first-order valence-electron chi connectivity index (χ1n) is 8.70. The Morgan fingerprint density at radius 1 is 1.33 bits per heavy atom. The summed E-state index contributed by atoms with van der Waals surface area (Å²) in [7, 11) is 0. The molecule has 1 atom stereocenters. The molecule has 2 fully saturated rings. The van der Waals surface area contributed by atoms with E-state index < -0.39 is 0 Å². The smallest absolute Gasteiger partial charge is 0.253 e. The molecule has 2 aliphatic rings. The number of rotatable bonds is 3. The molecule has 1 N–H and O–H groups in total. The summed E-state index contributed by atoms with van der Waals surface area (Å²) in [4.78, 5) is 14.5. The van der Waals surface area contributed by atoms with Crippen LogP contribution in [0.25, 0.3) is 0 Å². The molecule has 2 aliphatic heterocycles. The molecule has 5 heteroatoms. The van der Waals surface area contributed by atoms with Gasteiger partial charge < -0.3 is 14.7 Å². The summed E-state index contributed by atoms with van der Waals surface area (Å²) >= 11 is 0. The van der Waals surface area contributed by atoms with Crippen LogP contribution in [-0.2, 0) is 4.74 Å². The first kappa shape index (κ1) is 16.9. The maximum absolute atomic E-state index is 12.6. The maximum atomic E-state index is 12.6. The standard InChI is InChI=1S/C19H24N2O3/c20-14-16-1-3-17(4-2-16)18(23)21-9-7-19(8-10-21)13-15(5-11-22)6-12-24-19/h1-4,15,22H,5-13H2. The highest BCUT2D eigenvalue weighted by Gasteiger charge is 2.40. The molecule has 0 radical (unpaired) electrons. The Morgan fingerprint density at radius 3 is 2.67 bits per heavy atom. The van der Waals surface area contributed by atoms with E-state index in [-0.39, 0.29) is 18.1 Å². The zero-order valence-corrected chi connectivity index (χ0v) is 13.9. The van der Waals surface area contributed by atoms with Crippen molar-refractivity contribution in [2.24, 2.45) is 5.92 Å². The number of hydrogen-bond acceptors (Lipinski definition) is 4. The Labute approximate surface area is 142 Å². The van der Waals surface area contributed by atoms with Crippen LogP contribution in [0.1, 0.15) is 48.0 Å². The number of ether oxygens (including phenoxy) is 1. The summed E-state index contributed by atoms with van der Waals surface area (Å²) in [5.74, 6) is 0.557. The fourth-order valence-corrected chi connectivity index (χ4v) is 3.89. The average Bonchev–Trinajstić information content (AvgIpc) is 2.62. The van der Waals surface area contributed by atoms with E-state index in [0.717, 1.165) is 38.7 Å². The molecular weight excluding hydrogens is 304 g/mol. The van der Waals surface area contributed by atoms with Crippen molar-refractivity contribution >= 4 is 5.91 Å². The Morgan fingerprint density at radius 2 is 2.04 bits per heavy atom. The number of amides is 1. The van der Waals surface area contributed by atoms with Crippen molar-refractivity contribution in [1.29, 1.82) is 5.26 Å². The monoisotopic (exact) mass is 328 g/mol. The largest absolute Gasteiger partial charge is 0.396 e. The number of carbonyl (C=O) groups is 1. The van der Waals surface area contributed by atoms with Crippen LogP contribution in [0, 0.1) is 17.2 Å². The summed E-state index contributed by atoms with van der Waals surface area (Å²) < 4.78 is 6.09. The van der Waals surface area contributed by atoms with Gasteiger partial charge in [-0.1, -0.05) is 0 Å². The van der Waals surface area contributed by atoms with E-state index >= 15 is 0 Å². The van der Waals surface area contributed by atoms with Gasteiger partial charge in [0.15, 0.2) is 0 Å². The third-order valence-corrected chi connectivity index (χ3v) is 5.36. The Balaban J connectivity index is 1.60. The lowest BCUT2D eigenvalue weighted by Crippen LogP contribution is -2.50. The first-order chi connectivity index (χ1) is 11.7. The van der Waals surface area contributed by atoms with E-state index in [1.807, 2.05) is 4.90 Å². The second kappa shape index (κ2) is 7.33. The Kier molecular flexibility index (Phi) is 5.17. The molecule has 5 nitrogen and oxygen atoms in total. The van der Waals surface area contributed by atoms with Crippen molar-refractivity contribution in [3.05, 3.63) is 35.4 Å². The second-order valence-corrected chi connectivity index (χ2v) is 6.88. The van der Waals surface area contributed by atoms with Crippen LogP contribution in [-0.4, -0.2) is 47.8 Å². The minimum Gasteiger partial charge on any atom is -0.396 e. The van der Waals surface area contributed by atoms with E-state index in [1.165, 1.54) is 0 Å². The van der Waals surface area contributed by atoms with Gasteiger partial charge in [0.2, 0.25) is 0 Å². The predicted molar refractivity (Wildman–Crippen MR) is 89.4 cm³/mol. The fourth-order valence-electron chi connectivity index (χ4n) is 3.89. The minimum atomic E-state index is -0.112. The van der Waals surface area contributed by atoms with Gasteiger partial charge in [-0.3, -0.25) is 4.79 Å². The van der Waals surface area contributed by atoms with Crippen molar-refractivity contribution in [2.45, 2.75) is 37.7 Å². The molecule has 1 aromatic rings. The zero-order valence-electron chi connectivity index (χ0n) is 13.9. The molecule has 0 aliphatic carbocycles. The van der Waals surface area contributed by atoms with Gasteiger partial charge in [-0.05, 0) is 62.3 Å². The van der Waals surface area contributed by atoms with Gasteiger partial charge in [-0.25, -0.2) is 0 Å². The van der Waals surface area contributed by atoms with Crippen molar-refractivity contribution < 1.29 is 14.6 Å². The molecule has 0 aromatic heterocycles. The van der Waals surface area contributed by atoms with Crippen LogP contribution in [0.5, 0.6) is 0 Å². The number of benzene rings is 1. The number of piperidine rings is 1. The lowest BCUT2D eigenvalue weighted by molar-refractivity contribution is -0.125. The van der Waals surface area contributed by atoms with E-state index in [0.29, 0.717) is 30.1 Å². The molecule has 3 rings (SSSR count). The van der Waals surface area contributed by atoms with E-state index in [4.69, 9.17) is 15.1 Å². The second-order valence-electron chi connectivity index (χ2n) is 6.88. The van der Waals surface area contributed by atoms with Crippen molar-refractivity contribution in [3.63, 3.8) is 0 Å². The molecule has 2 saturated heterocycles. The Hall–Kier alpha value is -1.90. The molecule has 128 valence electrons. The fraction of sp³-hybridized carbons (Fsp3) is 0.579. The number of aliphatic hydroxyl groups excluding tert-OH is 1. The van der Waals surface area contributed by atoms with Gasteiger partial charge in [0, 0.05) is 31.9 Å². The minimum absolute atomic E-state index is 0.0251. The molecule has 2 heterocycles. The summed E-state index contributed by atoms with van der Waals surface area (Å²) in [6.07, 6.45) is 4.58. The van der Waals surface area contributed by atoms with Gasteiger partial charge in [0.25, 0.3) is 5.91 Å². The lowest BCUT2D eigenvalue weighted by Gasteiger charge is -2.46. The highest BCUT2D eigenvalue weighted by atomic mass is 16.5. The number of nitriles is 1. The quantitative estimate of drug-likeness (QED) is 0.924. The topological polar surface area (TPSA) is 73.6 Å². The van der Waals surface area contributed by atoms with E-state index in [9.17, 15) is 4.79 Å². The molecule has 24 heavy (non-hydrogen) atoms. The molecule has 1 amide bonds. The highest BCUT2D eigenvalue weighted by Crippen LogP contribution is 2.38. The third-order valence-electron chi connectivity index (χ3n) is 5.36. The molecule has 1 unspecified atom stereocenters. The van der Waals surface area contributed by atoms with Crippen LogP contribution in [0.3, 0.4) is 0 Å². The van der Waals surface area contributed by atoms with Gasteiger partial charge >= 0.3 is 0 Å². The number of hydrogen-bond donors (Lipinski definition) is 1. The zero-order chi connectivity index (χ0) is 17.0. The Bertz CT molecular complexity index is 610. The first-order valence-corrected chi connectivity index (χ1v) is 8.70. The normalized spacial score (nSPS) is 23.0. The van der Waals surface area contributed by atoms with Crippen LogP contribution in [0.2, 0.25) is 0 Å². The van der Waals surface area contributed by atoms with Crippen molar-refractivity contribution in [1.82, 2.24) is 4.90 Å². The highest BCUT2D eigenvalue weighted by molar-refractivity contribution is 5.94. The lowest BCUT2D eigenvalue weighted by atomic mass is 9.78. The van der Waals surface area contributed by atoms with Gasteiger partial charge in [-0.15, -0.1) is 0 Å². The average molecular weight is 328 g/mol. The summed E-state index contributed by atoms with van der Waals surface area (Å²) in [5.41, 5.74) is 1.09. The maximum Gasteiger partial charge on any atom is 0.253 e. The van der Waals surface area contributed by atoms with Crippen molar-refractivity contribution in [2.75, 3.05) is 26.3 Å². The van der Waals surface area contributed by atoms with Crippen LogP contribution >= 0.6 is 0 Å². The summed E-state index contributed by atoms with van der Waals surface area (Å²) in [5, 5.41) is 18.0.